The zero-order valence-corrected chi connectivity index (χ0v) is 16.0. The number of carbonyl (C=O) groups excluding carboxylic acids is 1. The van der Waals surface area contributed by atoms with E-state index in [0.717, 1.165) is 44.7 Å². The lowest BCUT2D eigenvalue weighted by molar-refractivity contribution is -0.892. The van der Waals surface area contributed by atoms with Crippen LogP contribution in [0.3, 0.4) is 0 Å². The maximum absolute atomic E-state index is 12.4. The number of aryl methyl sites for hydroxylation is 1. The minimum Gasteiger partial charge on any atom is -0.506 e. The molecule has 1 atom stereocenters. The predicted molar refractivity (Wildman–Crippen MR) is 108 cm³/mol. The molecule has 27 heavy (non-hydrogen) atoms. The van der Waals surface area contributed by atoms with E-state index >= 15 is 0 Å². The van der Waals surface area contributed by atoms with Gasteiger partial charge in [-0.05, 0) is 37.5 Å². The van der Waals surface area contributed by atoms with Crippen molar-refractivity contribution in [3.63, 3.8) is 0 Å². The van der Waals surface area contributed by atoms with Crippen molar-refractivity contribution in [2.45, 2.75) is 25.8 Å². The zero-order valence-electron chi connectivity index (χ0n) is 16.0. The van der Waals surface area contributed by atoms with Crippen LogP contribution in [0.5, 0.6) is 5.75 Å². The zero-order chi connectivity index (χ0) is 19.1. The Bertz CT molecular complexity index is 727. The number of nitrogens with zero attached hydrogens (tertiary/aromatic N) is 1. The molecule has 3 rings (SSSR count). The molecule has 0 aromatic heterocycles. The number of hydrogen-bond donors (Lipinski definition) is 3. The van der Waals surface area contributed by atoms with Crippen LogP contribution < -0.4 is 15.1 Å². The Kier molecular flexibility index (Phi) is 6.71. The van der Waals surface area contributed by atoms with Crippen LogP contribution in [0.4, 0.5) is 5.69 Å². The molecule has 1 fully saturated rings. The molecule has 0 unspecified atom stereocenters. The number of para-hydroxylation sites is 2. The van der Waals surface area contributed by atoms with Crippen LogP contribution in [0, 0.1) is 0 Å². The molecule has 0 spiro atoms. The number of anilines is 1. The van der Waals surface area contributed by atoms with Gasteiger partial charge in [-0.3, -0.25) is 4.79 Å². The van der Waals surface area contributed by atoms with Gasteiger partial charge >= 0.3 is 0 Å². The molecule has 0 radical (unpaired) electrons. The maximum atomic E-state index is 12.4. The molecule has 1 aliphatic heterocycles. The number of amides is 1. The van der Waals surface area contributed by atoms with E-state index in [4.69, 9.17) is 0 Å². The average Bonchev–Trinajstić information content (AvgIpc) is 2.68. The smallest absolute Gasteiger partial charge is 0.275 e. The molecule has 5 nitrogen and oxygen atoms in total. The van der Waals surface area contributed by atoms with E-state index in [1.165, 1.54) is 10.5 Å². The van der Waals surface area contributed by atoms with Gasteiger partial charge in [0.2, 0.25) is 0 Å². The molecule has 0 aliphatic carbocycles. The first-order valence-electron chi connectivity index (χ1n) is 9.81. The summed E-state index contributed by atoms with van der Waals surface area (Å²) in [6.45, 7) is 6.10. The fourth-order valence-electron chi connectivity index (χ4n) is 3.63. The van der Waals surface area contributed by atoms with Crippen molar-refractivity contribution in [2.24, 2.45) is 0 Å². The third kappa shape index (κ3) is 5.73. The third-order valence-electron chi connectivity index (χ3n) is 5.22. The maximum Gasteiger partial charge on any atom is 0.275 e. The van der Waals surface area contributed by atoms with Crippen LogP contribution >= 0.6 is 0 Å². The fourth-order valence-corrected chi connectivity index (χ4v) is 3.63. The molecule has 0 bridgehead atoms. The Hall–Kier alpha value is -2.53. The number of piperazine rings is 1. The first-order valence-corrected chi connectivity index (χ1v) is 9.81. The fraction of sp³-hybridized carbons (Fsp3) is 0.409. The monoisotopic (exact) mass is 368 g/mol. The molecular weight excluding hydrogens is 338 g/mol. The molecule has 1 amide bonds. The molecule has 2 aromatic carbocycles. The summed E-state index contributed by atoms with van der Waals surface area (Å²) >= 11 is 0. The van der Waals surface area contributed by atoms with Crippen molar-refractivity contribution in [1.29, 1.82) is 0 Å². The molecule has 144 valence electrons. The number of rotatable bonds is 7. The normalized spacial score (nSPS) is 16.1. The van der Waals surface area contributed by atoms with Gasteiger partial charge in [-0.15, -0.1) is 0 Å². The predicted octanol–water partition coefficient (Wildman–Crippen LogP) is 1.23. The Morgan fingerprint density at radius 3 is 2.48 bits per heavy atom. The summed E-state index contributed by atoms with van der Waals surface area (Å²) in [5.41, 5.74) is 2.19. The van der Waals surface area contributed by atoms with Gasteiger partial charge < -0.3 is 20.2 Å². The number of quaternary nitrogens is 1. The van der Waals surface area contributed by atoms with Crippen LogP contribution in [0.15, 0.2) is 54.6 Å². The molecule has 1 saturated heterocycles. The van der Waals surface area contributed by atoms with Crippen LogP contribution in [0.25, 0.3) is 0 Å². The molecular formula is C22H30N3O2+. The van der Waals surface area contributed by atoms with Crippen LogP contribution in [-0.4, -0.2) is 49.8 Å². The van der Waals surface area contributed by atoms with Gasteiger partial charge in [-0.1, -0.05) is 42.5 Å². The van der Waals surface area contributed by atoms with Crippen molar-refractivity contribution in [3.8, 4) is 5.75 Å². The number of phenolic OH excluding ortho intramolecular Hbond substituents is 1. The van der Waals surface area contributed by atoms with Gasteiger partial charge in [0, 0.05) is 6.04 Å². The van der Waals surface area contributed by atoms with E-state index in [9.17, 15) is 9.90 Å². The summed E-state index contributed by atoms with van der Waals surface area (Å²) in [5, 5.41) is 13.1. The van der Waals surface area contributed by atoms with Gasteiger partial charge in [-0.25, -0.2) is 0 Å². The van der Waals surface area contributed by atoms with E-state index in [2.05, 4.69) is 41.4 Å². The largest absolute Gasteiger partial charge is 0.506 e. The van der Waals surface area contributed by atoms with E-state index in [1.807, 2.05) is 24.3 Å². The summed E-state index contributed by atoms with van der Waals surface area (Å²) in [5.74, 6) is 0.451. The SMILES string of the molecule is C[C@H](CCc1ccccc1)NC(=O)C[NH+]1CCN(c2ccccc2O)CC1. The molecule has 2 aromatic rings. The summed E-state index contributed by atoms with van der Waals surface area (Å²) < 4.78 is 0. The highest BCUT2D eigenvalue weighted by molar-refractivity contribution is 5.77. The minimum absolute atomic E-state index is 0.126. The quantitative estimate of drug-likeness (QED) is 0.689. The van der Waals surface area contributed by atoms with Gasteiger partial charge in [0.15, 0.2) is 6.54 Å². The summed E-state index contributed by atoms with van der Waals surface area (Å²) in [6, 6.07) is 18.0. The summed E-state index contributed by atoms with van der Waals surface area (Å²) in [4.78, 5) is 15.8. The standard InChI is InChI=1S/C22H29N3O2/c1-18(11-12-19-7-3-2-4-8-19)23-22(27)17-24-13-15-25(16-14-24)20-9-5-6-10-21(20)26/h2-10,18,26H,11-17H2,1H3,(H,23,27)/p+1/t18-/m1/s1. The Labute approximate surface area is 161 Å². The lowest BCUT2D eigenvalue weighted by Crippen LogP contribution is -3.16. The molecule has 3 N–H and O–H groups in total. The second kappa shape index (κ2) is 9.42. The Morgan fingerprint density at radius 2 is 1.78 bits per heavy atom. The van der Waals surface area contributed by atoms with Gasteiger partial charge in [-0.2, -0.15) is 0 Å². The number of phenols is 1. The third-order valence-corrected chi connectivity index (χ3v) is 5.22. The Morgan fingerprint density at radius 1 is 1.11 bits per heavy atom. The number of benzene rings is 2. The first-order chi connectivity index (χ1) is 13.1. The van der Waals surface area contributed by atoms with E-state index in [1.54, 1.807) is 6.07 Å². The van der Waals surface area contributed by atoms with Crippen LogP contribution in [-0.2, 0) is 11.2 Å². The topological polar surface area (TPSA) is 57.0 Å². The van der Waals surface area contributed by atoms with E-state index < -0.39 is 0 Å². The van der Waals surface area contributed by atoms with E-state index in [-0.39, 0.29) is 11.9 Å². The lowest BCUT2D eigenvalue weighted by atomic mass is 10.1. The Balaban J connectivity index is 1.38. The molecule has 1 heterocycles. The molecule has 5 heteroatoms. The van der Waals surface area contributed by atoms with Crippen LogP contribution in [0.2, 0.25) is 0 Å². The van der Waals surface area contributed by atoms with Crippen molar-refractivity contribution < 1.29 is 14.8 Å². The number of hydrogen-bond acceptors (Lipinski definition) is 3. The van der Waals surface area contributed by atoms with Gasteiger partial charge in [0.1, 0.15) is 5.75 Å². The van der Waals surface area contributed by atoms with E-state index in [0.29, 0.717) is 12.3 Å². The van der Waals surface area contributed by atoms with Gasteiger partial charge in [0.25, 0.3) is 5.91 Å². The highest BCUT2D eigenvalue weighted by Gasteiger charge is 2.24. The average molecular weight is 369 g/mol. The number of carbonyl (C=O) groups is 1. The van der Waals surface area contributed by atoms with Crippen molar-refractivity contribution >= 4 is 11.6 Å². The number of aromatic hydroxyl groups is 1. The summed E-state index contributed by atoms with van der Waals surface area (Å²) in [7, 11) is 0. The second-order valence-electron chi connectivity index (χ2n) is 7.40. The second-order valence-corrected chi connectivity index (χ2v) is 7.40. The number of nitrogens with one attached hydrogen (secondary N) is 2. The molecule has 0 saturated carbocycles. The van der Waals surface area contributed by atoms with Crippen molar-refractivity contribution in [1.82, 2.24) is 5.32 Å². The van der Waals surface area contributed by atoms with Crippen molar-refractivity contribution in [2.75, 3.05) is 37.6 Å². The highest BCUT2D eigenvalue weighted by Crippen LogP contribution is 2.25. The highest BCUT2D eigenvalue weighted by atomic mass is 16.3. The lowest BCUT2D eigenvalue weighted by Gasteiger charge is -2.33. The van der Waals surface area contributed by atoms with Crippen LogP contribution in [0.1, 0.15) is 18.9 Å². The molecule has 1 aliphatic rings. The van der Waals surface area contributed by atoms with Crippen molar-refractivity contribution in [3.05, 3.63) is 60.2 Å². The first kappa shape index (κ1) is 19.2. The van der Waals surface area contributed by atoms with Gasteiger partial charge in [0.05, 0.1) is 31.9 Å². The summed E-state index contributed by atoms with van der Waals surface area (Å²) in [6.07, 6.45) is 1.93. The minimum atomic E-state index is 0.126.